The Kier molecular flexibility index (Phi) is 8.73. The van der Waals surface area contributed by atoms with Gasteiger partial charge in [-0.15, -0.1) is 0 Å². The molecule has 3 aromatic rings. The Hall–Kier alpha value is -5.74. The van der Waals surface area contributed by atoms with Crippen molar-refractivity contribution in [1.82, 2.24) is 24.1 Å². The van der Waals surface area contributed by atoms with Crippen molar-refractivity contribution in [2.24, 2.45) is 12.0 Å². The number of nitrogens with one attached hydrogen (secondary N) is 2. The smallest absolute Gasteiger partial charge is 0.475 e. The molecule has 0 saturated carbocycles. The SMILES string of the molecule is Cc1ccc(NC(=O)c2cc(C(F)(F)F)ccn2)cc1-c1cc2cnc(=Nc3nccn3C)cc-2n2c1NCC2.O=C(O)C(F)(F)F. The van der Waals surface area contributed by atoms with Crippen molar-refractivity contribution in [1.29, 1.82) is 0 Å². The van der Waals surface area contributed by atoms with E-state index in [2.05, 4.69) is 35.1 Å². The van der Waals surface area contributed by atoms with Crippen LogP contribution >= 0.6 is 0 Å². The number of anilines is 2. The lowest BCUT2D eigenvalue weighted by molar-refractivity contribution is -0.192. The van der Waals surface area contributed by atoms with Crippen molar-refractivity contribution in [3.8, 4) is 22.4 Å². The third kappa shape index (κ3) is 7.23. The summed E-state index contributed by atoms with van der Waals surface area (Å²) < 4.78 is 75.0. The number of halogens is 6. The van der Waals surface area contributed by atoms with Gasteiger partial charge in [-0.2, -0.15) is 31.3 Å². The molecule has 0 atom stereocenters. The number of hydrogen-bond donors (Lipinski definition) is 3. The highest BCUT2D eigenvalue weighted by atomic mass is 19.4. The highest BCUT2D eigenvalue weighted by Crippen LogP contribution is 2.39. The van der Waals surface area contributed by atoms with Crippen LogP contribution in [-0.4, -0.2) is 53.8 Å². The van der Waals surface area contributed by atoms with Gasteiger partial charge in [-0.1, -0.05) is 6.07 Å². The number of pyridine rings is 3. The van der Waals surface area contributed by atoms with Gasteiger partial charge in [-0.05, 0) is 48.4 Å². The summed E-state index contributed by atoms with van der Waals surface area (Å²) in [6, 6.07) is 10.9. The summed E-state index contributed by atoms with van der Waals surface area (Å²) in [7, 11) is 1.87. The summed E-state index contributed by atoms with van der Waals surface area (Å²) >= 11 is 0. The Labute approximate surface area is 261 Å². The van der Waals surface area contributed by atoms with E-state index in [9.17, 15) is 31.1 Å². The van der Waals surface area contributed by atoms with Crippen LogP contribution < -0.4 is 16.1 Å². The second kappa shape index (κ2) is 12.6. The molecule has 3 aliphatic rings. The first kappa shape index (κ1) is 32.6. The highest BCUT2D eigenvalue weighted by Gasteiger charge is 2.38. The van der Waals surface area contributed by atoms with E-state index in [1.165, 1.54) is 0 Å². The van der Waals surface area contributed by atoms with Crippen molar-refractivity contribution < 1.29 is 41.0 Å². The predicted molar refractivity (Wildman–Crippen MR) is 157 cm³/mol. The predicted octanol–water partition coefficient (Wildman–Crippen LogP) is 5.65. The fourth-order valence-electron chi connectivity index (χ4n) is 4.74. The summed E-state index contributed by atoms with van der Waals surface area (Å²) in [4.78, 5) is 38.8. The molecular formula is C30H24F6N8O3. The summed E-state index contributed by atoms with van der Waals surface area (Å²) in [6.07, 6.45) is -3.41. The fourth-order valence-corrected chi connectivity index (χ4v) is 4.74. The molecule has 0 fully saturated rings. The quantitative estimate of drug-likeness (QED) is 0.212. The van der Waals surface area contributed by atoms with Crippen molar-refractivity contribution in [3.63, 3.8) is 0 Å². The molecule has 0 unspecified atom stereocenters. The van der Waals surface area contributed by atoms with Gasteiger partial charge in [0.1, 0.15) is 11.5 Å². The van der Waals surface area contributed by atoms with E-state index in [-0.39, 0.29) is 5.69 Å². The molecule has 0 aliphatic carbocycles. The number of carboxylic acids is 1. The zero-order valence-electron chi connectivity index (χ0n) is 24.5. The summed E-state index contributed by atoms with van der Waals surface area (Å²) in [5.41, 5.74) is 4.32. The molecule has 0 saturated heterocycles. The van der Waals surface area contributed by atoms with E-state index in [1.807, 2.05) is 42.9 Å². The third-order valence-corrected chi connectivity index (χ3v) is 7.00. The molecule has 0 bridgehead atoms. The first-order chi connectivity index (χ1) is 22.1. The van der Waals surface area contributed by atoms with Gasteiger partial charge in [0.05, 0.1) is 11.3 Å². The number of aliphatic carboxylic acids is 1. The lowest BCUT2D eigenvalue weighted by atomic mass is 9.97. The monoisotopic (exact) mass is 658 g/mol. The number of benzene rings is 1. The van der Waals surface area contributed by atoms with Gasteiger partial charge >= 0.3 is 18.3 Å². The van der Waals surface area contributed by atoms with Crippen LogP contribution in [0, 0.1) is 6.92 Å². The number of amides is 1. The van der Waals surface area contributed by atoms with E-state index < -0.39 is 29.8 Å². The normalized spacial score (nSPS) is 13.1. The maximum absolute atomic E-state index is 13.1. The average Bonchev–Trinajstić information content (AvgIpc) is 3.67. The van der Waals surface area contributed by atoms with Crippen molar-refractivity contribution in [3.05, 3.63) is 89.6 Å². The number of hydrogen-bond acceptors (Lipinski definition) is 7. The minimum absolute atomic E-state index is 0.321. The minimum atomic E-state index is -5.08. The summed E-state index contributed by atoms with van der Waals surface area (Å²) in [5, 5.41) is 13.3. The van der Waals surface area contributed by atoms with Crippen LogP contribution in [0.3, 0.4) is 0 Å². The fraction of sp³-hybridized carbons (Fsp3) is 0.200. The topological polar surface area (TPSA) is 139 Å². The molecule has 0 spiro atoms. The molecular weight excluding hydrogens is 634 g/mol. The first-order valence-corrected chi connectivity index (χ1v) is 13.7. The molecule has 1 amide bonds. The van der Waals surface area contributed by atoms with E-state index in [4.69, 9.17) is 9.90 Å². The number of imidazole rings is 1. The molecule has 5 heterocycles. The molecule has 3 aliphatic heterocycles. The van der Waals surface area contributed by atoms with Gasteiger partial charge < -0.3 is 24.9 Å². The van der Waals surface area contributed by atoms with Crippen LogP contribution in [0.25, 0.3) is 22.4 Å². The van der Waals surface area contributed by atoms with Crippen molar-refractivity contribution in [2.75, 3.05) is 17.2 Å². The number of carbonyl (C=O) groups excluding carboxylic acids is 1. The molecule has 11 nitrogen and oxygen atoms in total. The molecule has 0 radical (unpaired) electrons. The molecule has 2 aromatic heterocycles. The number of carboxylic acid groups (broad SMARTS) is 1. The Morgan fingerprint density at radius 3 is 2.38 bits per heavy atom. The van der Waals surface area contributed by atoms with E-state index in [0.717, 1.165) is 65.2 Å². The number of aromatic nitrogens is 5. The Bertz CT molecular complexity index is 2020. The number of alkyl halides is 6. The Morgan fingerprint density at radius 2 is 1.72 bits per heavy atom. The molecule has 47 heavy (non-hydrogen) atoms. The van der Waals surface area contributed by atoms with Crippen LogP contribution in [0.1, 0.15) is 21.6 Å². The maximum atomic E-state index is 13.1. The van der Waals surface area contributed by atoms with Gasteiger partial charge in [0.2, 0.25) is 5.95 Å². The molecule has 244 valence electrons. The van der Waals surface area contributed by atoms with E-state index in [0.29, 0.717) is 17.1 Å². The van der Waals surface area contributed by atoms with Crippen LogP contribution in [0.15, 0.2) is 72.2 Å². The first-order valence-electron chi connectivity index (χ1n) is 13.7. The number of carbonyl (C=O) groups is 2. The number of rotatable bonds is 4. The summed E-state index contributed by atoms with van der Waals surface area (Å²) in [5.74, 6) is -2.02. The van der Waals surface area contributed by atoms with Crippen molar-refractivity contribution in [2.45, 2.75) is 25.8 Å². The van der Waals surface area contributed by atoms with Crippen LogP contribution in [0.2, 0.25) is 0 Å². The van der Waals surface area contributed by atoms with Gasteiger partial charge in [-0.25, -0.2) is 14.8 Å². The van der Waals surface area contributed by atoms with Gasteiger partial charge in [-0.3, -0.25) is 9.78 Å². The standard InChI is InChI=1S/C28H23F3N8O.C2HF3O2/c1-16-3-4-19(36-26(40)22-12-18(5-6-32-22)28(29,30)31)13-20(16)21-11-17-15-35-24(37-27-34-7-9-38(27)2)14-23(17)39-10-8-33-25(21)39;3-2(4,5)1(6)7/h3-7,9,11-15,33H,8,10H2,1-2H3,(H,36,40);(H,6,7). The molecule has 3 N–H and O–H groups in total. The van der Waals surface area contributed by atoms with E-state index in [1.54, 1.807) is 24.5 Å². The minimum Gasteiger partial charge on any atom is -0.475 e. The van der Waals surface area contributed by atoms with Crippen LogP contribution in [0.5, 0.6) is 0 Å². The summed E-state index contributed by atoms with van der Waals surface area (Å²) in [6.45, 7) is 3.43. The lowest BCUT2D eigenvalue weighted by Crippen LogP contribution is -2.21. The van der Waals surface area contributed by atoms with Crippen molar-refractivity contribution >= 4 is 29.3 Å². The molecule has 6 rings (SSSR count). The zero-order chi connectivity index (χ0) is 34.1. The van der Waals surface area contributed by atoms with Crippen LogP contribution in [-0.2, 0) is 24.6 Å². The van der Waals surface area contributed by atoms with Gasteiger partial charge in [0.25, 0.3) is 5.91 Å². The number of fused-ring (bicyclic) bond motifs is 3. The Balaban J connectivity index is 0.000000559. The average molecular weight is 659 g/mol. The highest BCUT2D eigenvalue weighted by molar-refractivity contribution is 6.03. The number of aryl methyl sites for hydroxylation is 2. The second-order valence-electron chi connectivity index (χ2n) is 10.3. The largest absolute Gasteiger partial charge is 0.490 e. The molecule has 1 aromatic carbocycles. The lowest BCUT2D eigenvalue weighted by Gasteiger charge is -2.19. The zero-order valence-corrected chi connectivity index (χ0v) is 24.5. The Morgan fingerprint density at radius 1 is 0.979 bits per heavy atom. The van der Waals surface area contributed by atoms with E-state index >= 15 is 0 Å². The van der Waals surface area contributed by atoms with Gasteiger partial charge in [0.15, 0.2) is 5.49 Å². The number of nitrogens with zero attached hydrogens (tertiary/aromatic N) is 6. The van der Waals surface area contributed by atoms with Gasteiger partial charge in [0, 0.05) is 67.8 Å². The van der Waals surface area contributed by atoms with Crippen LogP contribution in [0.4, 0.5) is 43.8 Å². The maximum Gasteiger partial charge on any atom is 0.490 e. The second-order valence-corrected chi connectivity index (χ2v) is 10.3. The third-order valence-electron chi connectivity index (χ3n) is 7.00. The molecule has 17 heteroatoms.